The van der Waals surface area contributed by atoms with Crippen LogP contribution < -0.4 is 14.8 Å². The molecule has 0 fully saturated rings. The lowest BCUT2D eigenvalue weighted by Gasteiger charge is -2.09. The highest BCUT2D eigenvalue weighted by atomic mass is 32.2. The van der Waals surface area contributed by atoms with Crippen molar-refractivity contribution in [1.82, 2.24) is 0 Å². The van der Waals surface area contributed by atoms with E-state index >= 15 is 0 Å². The van der Waals surface area contributed by atoms with E-state index < -0.39 is 0 Å². The molecule has 4 nitrogen and oxygen atoms in total. The maximum absolute atomic E-state index is 12.1. The molecule has 0 spiro atoms. The number of hydrogen-bond acceptors (Lipinski definition) is 4. The summed E-state index contributed by atoms with van der Waals surface area (Å²) in [6.07, 6.45) is 5.15. The van der Waals surface area contributed by atoms with Crippen molar-refractivity contribution in [1.29, 1.82) is 0 Å². The minimum absolute atomic E-state index is 0.212. The van der Waals surface area contributed by atoms with E-state index in [1.165, 1.54) is 6.08 Å². The number of hydrogen-bond donors (Lipinski definition) is 1. The zero-order chi connectivity index (χ0) is 16.7. The predicted molar refractivity (Wildman–Crippen MR) is 95.4 cm³/mol. The fourth-order valence-corrected chi connectivity index (χ4v) is 2.55. The summed E-state index contributed by atoms with van der Waals surface area (Å²) in [5.74, 6) is 1.09. The normalized spacial score (nSPS) is 10.6. The lowest BCUT2D eigenvalue weighted by atomic mass is 10.1. The fourth-order valence-electron chi connectivity index (χ4n) is 2.09. The SMILES string of the molecule is COc1cccc(OC)c1/C=C/C(=O)Nc1cccc(SC)c1. The van der Waals surface area contributed by atoms with Crippen LogP contribution in [0, 0.1) is 0 Å². The zero-order valence-electron chi connectivity index (χ0n) is 13.3. The number of methoxy groups -OCH3 is 2. The second-order valence-electron chi connectivity index (χ2n) is 4.63. The summed E-state index contributed by atoms with van der Waals surface area (Å²) in [5.41, 5.74) is 1.49. The van der Waals surface area contributed by atoms with Gasteiger partial charge >= 0.3 is 0 Å². The van der Waals surface area contributed by atoms with Crippen LogP contribution in [0.15, 0.2) is 53.4 Å². The molecule has 0 aliphatic heterocycles. The third-order valence-corrected chi connectivity index (χ3v) is 3.93. The van der Waals surface area contributed by atoms with Crippen molar-refractivity contribution >= 4 is 29.4 Å². The van der Waals surface area contributed by atoms with Gasteiger partial charge in [0.25, 0.3) is 0 Å². The average Bonchev–Trinajstić information content (AvgIpc) is 2.59. The number of ether oxygens (including phenoxy) is 2. The standard InChI is InChI=1S/C18H19NO3S/c1-21-16-8-5-9-17(22-2)15(16)10-11-18(20)19-13-6-4-7-14(12-13)23-3/h4-12H,1-3H3,(H,19,20)/b11-10+. The summed E-state index contributed by atoms with van der Waals surface area (Å²) in [6, 6.07) is 13.2. The van der Waals surface area contributed by atoms with E-state index in [-0.39, 0.29) is 5.91 Å². The minimum atomic E-state index is -0.212. The minimum Gasteiger partial charge on any atom is -0.496 e. The molecule has 0 radical (unpaired) electrons. The second-order valence-corrected chi connectivity index (χ2v) is 5.51. The number of carbonyl (C=O) groups excluding carboxylic acids is 1. The van der Waals surface area contributed by atoms with Gasteiger partial charge in [-0.25, -0.2) is 0 Å². The molecule has 0 aliphatic carbocycles. The van der Waals surface area contributed by atoms with Crippen molar-refractivity contribution in [2.75, 3.05) is 25.8 Å². The number of rotatable bonds is 6. The van der Waals surface area contributed by atoms with Crippen LogP contribution in [0.25, 0.3) is 6.08 Å². The summed E-state index contributed by atoms with van der Waals surface area (Å²) < 4.78 is 10.6. The van der Waals surface area contributed by atoms with Crippen molar-refractivity contribution in [3.8, 4) is 11.5 Å². The maximum Gasteiger partial charge on any atom is 0.248 e. The quantitative estimate of drug-likeness (QED) is 0.641. The first-order chi connectivity index (χ1) is 11.2. The molecule has 2 aromatic carbocycles. The van der Waals surface area contributed by atoms with Gasteiger partial charge in [-0.3, -0.25) is 4.79 Å². The van der Waals surface area contributed by atoms with Gasteiger partial charge < -0.3 is 14.8 Å². The predicted octanol–water partition coefficient (Wildman–Crippen LogP) is 4.08. The van der Waals surface area contributed by atoms with Gasteiger partial charge in [0.2, 0.25) is 5.91 Å². The van der Waals surface area contributed by atoms with Crippen LogP contribution in [0.4, 0.5) is 5.69 Å². The molecule has 0 saturated heterocycles. The summed E-state index contributed by atoms with van der Waals surface area (Å²) in [5, 5.41) is 2.84. The van der Waals surface area contributed by atoms with Crippen molar-refractivity contribution in [3.05, 3.63) is 54.1 Å². The smallest absolute Gasteiger partial charge is 0.248 e. The number of amides is 1. The molecule has 1 N–H and O–H groups in total. The average molecular weight is 329 g/mol. The van der Waals surface area contributed by atoms with Crippen LogP contribution in [-0.2, 0) is 4.79 Å². The first kappa shape index (κ1) is 17.0. The van der Waals surface area contributed by atoms with E-state index in [0.29, 0.717) is 11.5 Å². The molecule has 120 valence electrons. The number of carbonyl (C=O) groups is 1. The van der Waals surface area contributed by atoms with Crippen LogP contribution in [-0.4, -0.2) is 26.4 Å². The first-order valence-electron chi connectivity index (χ1n) is 7.02. The molecule has 1 amide bonds. The Morgan fingerprint density at radius 2 is 1.74 bits per heavy atom. The van der Waals surface area contributed by atoms with Gasteiger partial charge in [0, 0.05) is 16.7 Å². The van der Waals surface area contributed by atoms with Gasteiger partial charge in [-0.1, -0.05) is 12.1 Å². The van der Waals surface area contributed by atoms with E-state index in [1.54, 1.807) is 32.1 Å². The highest BCUT2D eigenvalue weighted by molar-refractivity contribution is 7.98. The Labute approximate surface area is 140 Å². The van der Waals surface area contributed by atoms with E-state index in [4.69, 9.17) is 9.47 Å². The van der Waals surface area contributed by atoms with Crippen molar-refractivity contribution in [2.45, 2.75) is 4.90 Å². The monoisotopic (exact) mass is 329 g/mol. The van der Waals surface area contributed by atoms with Crippen LogP contribution in [0.1, 0.15) is 5.56 Å². The Morgan fingerprint density at radius 1 is 1.09 bits per heavy atom. The van der Waals surface area contributed by atoms with E-state index in [9.17, 15) is 4.79 Å². The highest BCUT2D eigenvalue weighted by Crippen LogP contribution is 2.29. The third kappa shape index (κ3) is 4.53. The second kappa shape index (κ2) is 8.29. The van der Waals surface area contributed by atoms with Gasteiger partial charge in [-0.05, 0) is 42.7 Å². The maximum atomic E-state index is 12.1. The van der Waals surface area contributed by atoms with Crippen LogP contribution in [0.2, 0.25) is 0 Å². The third-order valence-electron chi connectivity index (χ3n) is 3.20. The van der Waals surface area contributed by atoms with Gasteiger partial charge in [0.1, 0.15) is 11.5 Å². The van der Waals surface area contributed by atoms with E-state index in [2.05, 4.69) is 5.32 Å². The summed E-state index contributed by atoms with van der Waals surface area (Å²) in [7, 11) is 3.17. The number of nitrogens with one attached hydrogen (secondary N) is 1. The Balaban J connectivity index is 2.15. The van der Waals surface area contributed by atoms with Crippen molar-refractivity contribution in [2.24, 2.45) is 0 Å². The largest absolute Gasteiger partial charge is 0.496 e. The van der Waals surface area contributed by atoms with Crippen LogP contribution in [0.5, 0.6) is 11.5 Å². The molecule has 0 aliphatic rings. The molecular formula is C18H19NO3S. The molecule has 5 heteroatoms. The Hall–Kier alpha value is -2.40. The number of anilines is 1. The zero-order valence-corrected chi connectivity index (χ0v) is 14.1. The molecule has 2 aromatic rings. The lowest BCUT2D eigenvalue weighted by molar-refractivity contribution is -0.111. The van der Waals surface area contributed by atoms with Gasteiger partial charge in [0.05, 0.1) is 19.8 Å². The Bertz CT molecular complexity index is 691. The molecule has 23 heavy (non-hydrogen) atoms. The summed E-state index contributed by atoms with van der Waals surface area (Å²) in [4.78, 5) is 13.2. The van der Waals surface area contributed by atoms with E-state index in [0.717, 1.165) is 16.1 Å². The Morgan fingerprint density at radius 3 is 2.35 bits per heavy atom. The highest BCUT2D eigenvalue weighted by Gasteiger charge is 2.07. The van der Waals surface area contributed by atoms with Crippen molar-refractivity contribution < 1.29 is 14.3 Å². The van der Waals surface area contributed by atoms with Gasteiger partial charge in [-0.2, -0.15) is 0 Å². The molecular weight excluding hydrogens is 310 g/mol. The van der Waals surface area contributed by atoms with Crippen LogP contribution >= 0.6 is 11.8 Å². The molecule has 0 bridgehead atoms. The van der Waals surface area contributed by atoms with Crippen LogP contribution in [0.3, 0.4) is 0 Å². The molecule has 0 heterocycles. The molecule has 0 atom stereocenters. The van der Waals surface area contributed by atoms with Crippen molar-refractivity contribution in [3.63, 3.8) is 0 Å². The fraction of sp³-hybridized carbons (Fsp3) is 0.167. The molecule has 2 rings (SSSR count). The van der Waals surface area contributed by atoms with E-state index in [1.807, 2.05) is 48.7 Å². The molecule has 0 aromatic heterocycles. The van der Waals surface area contributed by atoms with Gasteiger partial charge in [0.15, 0.2) is 0 Å². The number of benzene rings is 2. The van der Waals surface area contributed by atoms with Gasteiger partial charge in [-0.15, -0.1) is 11.8 Å². The Kier molecular flexibility index (Phi) is 6.11. The molecule has 0 unspecified atom stereocenters. The molecule has 0 saturated carbocycles. The first-order valence-corrected chi connectivity index (χ1v) is 8.24. The topological polar surface area (TPSA) is 47.6 Å². The number of thioether (sulfide) groups is 1. The summed E-state index contributed by atoms with van der Waals surface area (Å²) in [6.45, 7) is 0. The summed E-state index contributed by atoms with van der Waals surface area (Å²) >= 11 is 1.63. The lowest BCUT2D eigenvalue weighted by Crippen LogP contribution is -2.07.